The second-order valence-corrected chi connectivity index (χ2v) is 2.74. The average Bonchev–Trinajstić information content (AvgIpc) is 1.58. The Morgan fingerprint density at radius 3 is 2.40 bits per heavy atom. The first kappa shape index (κ1) is 9.37. The van der Waals surface area contributed by atoms with Crippen LogP contribution in [0.3, 0.4) is 0 Å². The number of carbonyl (C=O) groups is 1. The van der Waals surface area contributed by atoms with Crippen LogP contribution in [0.4, 0.5) is 0 Å². The van der Waals surface area contributed by atoms with Crippen molar-refractivity contribution in [3.63, 3.8) is 0 Å². The number of ketones is 1. The maximum Gasteiger partial charge on any atom is 0.158 e. The van der Waals surface area contributed by atoms with E-state index in [1.807, 2.05) is 13.8 Å². The summed E-state index contributed by atoms with van der Waals surface area (Å²) in [6.45, 7) is 5.33. The third kappa shape index (κ3) is 5.51. The van der Waals surface area contributed by atoms with Gasteiger partial charge in [0.15, 0.2) is 5.78 Å². The van der Waals surface area contributed by atoms with Crippen LogP contribution in [-0.4, -0.2) is 17.0 Å². The highest BCUT2D eigenvalue weighted by Crippen LogP contribution is 1.96. The lowest BCUT2D eigenvalue weighted by Gasteiger charge is -1.98. The molecule has 0 fully saturated rings. The van der Waals surface area contributed by atoms with Crippen LogP contribution >= 0.6 is 0 Å². The fraction of sp³-hybridized carbons (Fsp3) is 0.625. The third-order valence-electron chi connectivity index (χ3n) is 0.946. The largest absolute Gasteiger partial charge is 0.393 e. The summed E-state index contributed by atoms with van der Waals surface area (Å²) in [5.41, 5.74) is 0.977. The molecule has 0 aromatic heterocycles. The molecule has 0 heterocycles. The first-order valence-electron chi connectivity index (χ1n) is 3.38. The zero-order valence-corrected chi connectivity index (χ0v) is 6.72. The van der Waals surface area contributed by atoms with Gasteiger partial charge in [0, 0.05) is 6.42 Å². The summed E-state index contributed by atoms with van der Waals surface area (Å²) in [4.78, 5) is 10.8. The zero-order valence-electron chi connectivity index (χ0n) is 6.72. The van der Waals surface area contributed by atoms with E-state index in [1.54, 1.807) is 13.0 Å². The molecule has 2 nitrogen and oxygen atoms in total. The lowest BCUT2D eigenvalue weighted by Crippen LogP contribution is -2.06. The summed E-state index contributed by atoms with van der Waals surface area (Å²) in [6, 6.07) is 0. The van der Waals surface area contributed by atoms with E-state index in [1.165, 1.54) is 0 Å². The Balaban J connectivity index is 3.76. The summed E-state index contributed by atoms with van der Waals surface area (Å²) in [5.74, 6) is -0.00463. The van der Waals surface area contributed by atoms with Crippen LogP contribution in [0.15, 0.2) is 11.6 Å². The molecule has 0 aromatic rings. The fourth-order valence-corrected chi connectivity index (χ4v) is 0.672. The molecule has 0 aliphatic carbocycles. The molecule has 0 bridgehead atoms. The van der Waals surface area contributed by atoms with Crippen molar-refractivity contribution in [2.45, 2.75) is 33.3 Å². The summed E-state index contributed by atoms with van der Waals surface area (Å²) in [5, 5.41) is 8.79. The van der Waals surface area contributed by atoms with Crippen LogP contribution in [-0.2, 0) is 4.79 Å². The van der Waals surface area contributed by atoms with Gasteiger partial charge >= 0.3 is 0 Å². The Hall–Kier alpha value is -0.630. The van der Waals surface area contributed by atoms with Crippen molar-refractivity contribution in [3.05, 3.63) is 11.6 Å². The van der Waals surface area contributed by atoms with Gasteiger partial charge in [-0.25, -0.2) is 0 Å². The van der Waals surface area contributed by atoms with Crippen LogP contribution in [0.25, 0.3) is 0 Å². The van der Waals surface area contributed by atoms with Gasteiger partial charge in [0.1, 0.15) is 0 Å². The van der Waals surface area contributed by atoms with E-state index in [0.717, 1.165) is 5.57 Å². The van der Waals surface area contributed by atoms with Crippen molar-refractivity contribution in [2.75, 3.05) is 0 Å². The molecule has 2 heteroatoms. The highest BCUT2D eigenvalue weighted by atomic mass is 16.3. The van der Waals surface area contributed by atoms with Gasteiger partial charge in [-0.15, -0.1) is 0 Å². The normalized spacial score (nSPS) is 12.4. The Labute approximate surface area is 61.6 Å². The maximum absolute atomic E-state index is 10.8. The minimum Gasteiger partial charge on any atom is -0.393 e. The van der Waals surface area contributed by atoms with Gasteiger partial charge in [-0.1, -0.05) is 5.57 Å². The molecule has 1 atom stereocenters. The number of hydrogen-bond acceptors (Lipinski definition) is 2. The minimum atomic E-state index is -0.525. The quantitative estimate of drug-likeness (QED) is 0.603. The Morgan fingerprint density at radius 1 is 1.60 bits per heavy atom. The van der Waals surface area contributed by atoms with E-state index >= 15 is 0 Å². The smallest absolute Gasteiger partial charge is 0.158 e. The predicted molar refractivity (Wildman–Crippen MR) is 40.7 cm³/mol. The number of aliphatic hydroxyl groups excluding tert-OH is 1. The van der Waals surface area contributed by atoms with E-state index in [-0.39, 0.29) is 12.2 Å². The van der Waals surface area contributed by atoms with Crippen LogP contribution in [0.5, 0.6) is 0 Å². The molecule has 0 amide bonds. The Morgan fingerprint density at radius 2 is 2.10 bits per heavy atom. The van der Waals surface area contributed by atoms with Gasteiger partial charge in [-0.3, -0.25) is 4.79 Å². The van der Waals surface area contributed by atoms with E-state index in [9.17, 15) is 4.79 Å². The number of allylic oxidation sites excluding steroid dienone is 2. The summed E-state index contributed by atoms with van der Waals surface area (Å²) in [6.07, 6.45) is 1.25. The molecule has 0 saturated heterocycles. The SMILES string of the molecule is CC(C)=CC(=O)CC(C)O. The minimum absolute atomic E-state index is 0.00463. The summed E-state index contributed by atoms with van der Waals surface area (Å²) < 4.78 is 0. The molecule has 0 aliphatic heterocycles. The molecular formula is C8H14O2. The molecule has 0 saturated carbocycles. The van der Waals surface area contributed by atoms with Gasteiger partial charge in [0.25, 0.3) is 0 Å². The van der Waals surface area contributed by atoms with Crippen molar-refractivity contribution in [1.82, 2.24) is 0 Å². The lowest BCUT2D eigenvalue weighted by molar-refractivity contribution is -0.116. The number of carbonyl (C=O) groups excluding carboxylic acids is 1. The van der Waals surface area contributed by atoms with Crippen molar-refractivity contribution < 1.29 is 9.90 Å². The monoisotopic (exact) mass is 142 g/mol. The van der Waals surface area contributed by atoms with Crippen molar-refractivity contribution in [3.8, 4) is 0 Å². The molecule has 0 aromatic carbocycles. The average molecular weight is 142 g/mol. The molecule has 1 N–H and O–H groups in total. The second-order valence-electron chi connectivity index (χ2n) is 2.74. The second kappa shape index (κ2) is 4.23. The standard InChI is InChI=1S/C8H14O2/c1-6(2)4-8(10)5-7(3)9/h4,7,9H,5H2,1-3H3. The Kier molecular flexibility index (Phi) is 3.96. The first-order chi connectivity index (χ1) is 4.52. The fourth-order valence-electron chi connectivity index (χ4n) is 0.672. The highest BCUT2D eigenvalue weighted by molar-refractivity contribution is 5.90. The zero-order chi connectivity index (χ0) is 8.15. The Bertz CT molecular complexity index is 141. The van der Waals surface area contributed by atoms with Crippen molar-refractivity contribution in [2.24, 2.45) is 0 Å². The summed E-state index contributed by atoms with van der Waals surface area (Å²) >= 11 is 0. The van der Waals surface area contributed by atoms with Gasteiger partial charge in [-0.05, 0) is 26.8 Å². The number of hydrogen-bond donors (Lipinski definition) is 1. The van der Waals surface area contributed by atoms with Crippen molar-refractivity contribution >= 4 is 5.78 Å². The third-order valence-corrected chi connectivity index (χ3v) is 0.946. The van der Waals surface area contributed by atoms with Gasteiger partial charge in [-0.2, -0.15) is 0 Å². The first-order valence-corrected chi connectivity index (χ1v) is 3.38. The molecule has 0 spiro atoms. The van der Waals surface area contributed by atoms with Crippen LogP contribution in [0.1, 0.15) is 27.2 Å². The molecule has 10 heavy (non-hydrogen) atoms. The van der Waals surface area contributed by atoms with E-state index < -0.39 is 6.10 Å². The highest BCUT2D eigenvalue weighted by Gasteiger charge is 2.01. The number of rotatable bonds is 3. The molecule has 58 valence electrons. The van der Waals surface area contributed by atoms with E-state index in [2.05, 4.69) is 0 Å². The van der Waals surface area contributed by atoms with Crippen LogP contribution in [0, 0.1) is 0 Å². The molecule has 0 radical (unpaired) electrons. The predicted octanol–water partition coefficient (Wildman–Crippen LogP) is 1.29. The summed E-state index contributed by atoms with van der Waals surface area (Å²) in [7, 11) is 0. The van der Waals surface area contributed by atoms with Gasteiger partial charge < -0.3 is 5.11 Å². The number of aliphatic hydroxyl groups is 1. The van der Waals surface area contributed by atoms with E-state index in [0.29, 0.717) is 0 Å². The lowest BCUT2D eigenvalue weighted by atomic mass is 10.1. The van der Waals surface area contributed by atoms with Gasteiger partial charge in [0.05, 0.1) is 6.10 Å². The van der Waals surface area contributed by atoms with Gasteiger partial charge in [0.2, 0.25) is 0 Å². The van der Waals surface area contributed by atoms with Crippen LogP contribution < -0.4 is 0 Å². The van der Waals surface area contributed by atoms with E-state index in [4.69, 9.17) is 5.11 Å². The molecular weight excluding hydrogens is 128 g/mol. The van der Waals surface area contributed by atoms with Crippen molar-refractivity contribution in [1.29, 1.82) is 0 Å². The topological polar surface area (TPSA) is 37.3 Å². The maximum atomic E-state index is 10.8. The molecule has 0 rings (SSSR count). The molecule has 0 aliphatic rings. The van der Waals surface area contributed by atoms with Crippen LogP contribution in [0.2, 0.25) is 0 Å². The molecule has 1 unspecified atom stereocenters.